The Morgan fingerprint density at radius 1 is 1.00 bits per heavy atom. The normalized spacial score (nSPS) is 23.8. The molecule has 10 nitrogen and oxygen atoms in total. The lowest BCUT2D eigenvalue weighted by molar-refractivity contribution is 0.0773. The maximum Gasteiger partial charge on any atom is 0.320 e. The van der Waals surface area contributed by atoms with E-state index in [0.29, 0.717) is 18.2 Å². The Labute approximate surface area is 236 Å². The second-order valence-corrected chi connectivity index (χ2v) is 12.3. The number of nitrogens with zero attached hydrogens (tertiary/aromatic N) is 6. The van der Waals surface area contributed by atoms with Crippen molar-refractivity contribution in [3.63, 3.8) is 0 Å². The van der Waals surface area contributed by atoms with Crippen LogP contribution in [0.4, 0.5) is 22.1 Å². The Morgan fingerprint density at radius 2 is 1.73 bits per heavy atom. The van der Waals surface area contributed by atoms with Crippen LogP contribution in [0.3, 0.4) is 0 Å². The molecule has 214 valence electrons. The minimum absolute atomic E-state index is 0.0885. The monoisotopic (exact) mass is 546 g/mol. The maximum atomic E-state index is 12.6. The molecule has 1 atom stereocenters. The van der Waals surface area contributed by atoms with Gasteiger partial charge in [0.1, 0.15) is 5.82 Å². The van der Waals surface area contributed by atoms with E-state index in [4.69, 9.17) is 10.7 Å². The summed E-state index contributed by atoms with van der Waals surface area (Å²) in [4.78, 5) is 42.6. The van der Waals surface area contributed by atoms with Gasteiger partial charge in [-0.15, -0.1) is 0 Å². The molecule has 0 unspecified atom stereocenters. The Bertz CT molecular complexity index is 1240. The van der Waals surface area contributed by atoms with Crippen molar-refractivity contribution in [3.8, 4) is 0 Å². The summed E-state index contributed by atoms with van der Waals surface area (Å²) in [5.74, 6) is 0.419. The molecule has 0 spiro atoms. The topological polar surface area (TPSA) is 111 Å². The van der Waals surface area contributed by atoms with Crippen molar-refractivity contribution < 1.29 is 9.59 Å². The lowest BCUT2D eigenvalue weighted by Crippen LogP contribution is -2.49. The van der Waals surface area contributed by atoms with Gasteiger partial charge in [-0.05, 0) is 74.7 Å². The second-order valence-electron chi connectivity index (χ2n) is 12.3. The van der Waals surface area contributed by atoms with E-state index in [1.54, 1.807) is 11.1 Å². The van der Waals surface area contributed by atoms with Crippen LogP contribution in [0.15, 0.2) is 30.5 Å². The summed E-state index contributed by atoms with van der Waals surface area (Å²) in [5.41, 5.74) is 8.15. The largest absolute Gasteiger partial charge is 0.364 e. The van der Waals surface area contributed by atoms with Crippen LogP contribution >= 0.6 is 0 Å². The standard InChI is InChI=1S/C30H42N8O2/c1-30(12-15-36(16-13-30)23-5-3-6-23)21-8-10-22(11-9-21)33-28-26(27(31)39)32-19-25(34-28)37-14-4-7-24(20-37)38-18-17-35(2)29(38)40/h8-11,19,23-24H,3-7,12-18,20H2,1-2H3,(H2,31,39)(H,33,34)/t24-/m1/s1. The first-order valence-electron chi connectivity index (χ1n) is 14.9. The Kier molecular flexibility index (Phi) is 7.29. The Morgan fingerprint density at radius 3 is 2.35 bits per heavy atom. The van der Waals surface area contributed by atoms with Gasteiger partial charge in [-0.25, -0.2) is 14.8 Å². The van der Waals surface area contributed by atoms with Crippen LogP contribution < -0.4 is 16.0 Å². The van der Waals surface area contributed by atoms with Crippen molar-refractivity contribution in [1.82, 2.24) is 24.7 Å². The Balaban J connectivity index is 1.15. The lowest BCUT2D eigenvalue weighted by atomic mass is 9.73. The highest BCUT2D eigenvalue weighted by Gasteiger charge is 2.36. The van der Waals surface area contributed by atoms with Gasteiger partial charge in [-0.3, -0.25) is 4.79 Å². The second kappa shape index (κ2) is 10.9. The summed E-state index contributed by atoms with van der Waals surface area (Å²) in [6, 6.07) is 9.55. The lowest BCUT2D eigenvalue weighted by Gasteiger charge is -2.45. The van der Waals surface area contributed by atoms with Crippen molar-refractivity contribution in [3.05, 3.63) is 41.7 Å². The average Bonchev–Trinajstić information content (AvgIpc) is 3.27. The third-order valence-corrected chi connectivity index (χ3v) is 9.74. The number of rotatable bonds is 7. The number of likely N-dealkylation sites (tertiary alicyclic amines) is 1. The molecule has 4 heterocycles. The van der Waals surface area contributed by atoms with Crippen molar-refractivity contribution >= 4 is 29.3 Å². The molecule has 3 N–H and O–H groups in total. The predicted octanol–water partition coefficient (Wildman–Crippen LogP) is 3.56. The highest BCUT2D eigenvalue weighted by molar-refractivity contribution is 5.96. The number of benzene rings is 1. The molecule has 6 rings (SSSR count). The number of hydrogen-bond donors (Lipinski definition) is 2. The van der Waals surface area contributed by atoms with E-state index in [1.165, 1.54) is 50.8 Å². The molecule has 0 radical (unpaired) electrons. The van der Waals surface area contributed by atoms with Crippen LogP contribution in [0.2, 0.25) is 0 Å². The van der Waals surface area contributed by atoms with Crippen LogP contribution in [0, 0.1) is 0 Å². The molecular formula is C30H42N8O2. The number of amides is 3. The number of carbonyl (C=O) groups excluding carboxylic acids is 2. The zero-order chi connectivity index (χ0) is 27.9. The fourth-order valence-electron chi connectivity index (χ4n) is 6.74. The van der Waals surface area contributed by atoms with Gasteiger partial charge in [0.15, 0.2) is 11.5 Å². The van der Waals surface area contributed by atoms with Gasteiger partial charge in [0.25, 0.3) is 5.91 Å². The minimum Gasteiger partial charge on any atom is -0.364 e. The van der Waals surface area contributed by atoms with Crippen LogP contribution in [0.1, 0.15) is 67.9 Å². The molecule has 3 aliphatic heterocycles. The smallest absolute Gasteiger partial charge is 0.320 e. The van der Waals surface area contributed by atoms with Crippen LogP contribution in [-0.2, 0) is 5.41 Å². The van der Waals surface area contributed by atoms with Gasteiger partial charge in [0.2, 0.25) is 0 Å². The minimum atomic E-state index is -0.619. The third kappa shape index (κ3) is 5.21. The van der Waals surface area contributed by atoms with E-state index < -0.39 is 5.91 Å². The van der Waals surface area contributed by atoms with Crippen LogP contribution in [0.25, 0.3) is 0 Å². The zero-order valence-corrected chi connectivity index (χ0v) is 23.8. The Hall–Kier alpha value is -3.40. The van der Waals surface area contributed by atoms with E-state index >= 15 is 0 Å². The first-order valence-corrected chi connectivity index (χ1v) is 14.9. The summed E-state index contributed by atoms with van der Waals surface area (Å²) in [7, 11) is 1.85. The fraction of sp³-hybridized carbons (Fsp3) is 0.600. The maximum absolute atomic E-state index is 12.6. The molecule has 3 amide bonds. The molecule has 2 aromatic rings. The van der Waals surface area contributed by atoms with Gasteiger partial charge < -0.3 is 30.7 Å². The number of anilines is 3. The summed E-state index contributed by atoms with van der Waals surface area (Å²) < 4.78 is 0. The molecule has 1 aromatic carbocycles. The van der Waals surface area contributed by atoms with Crippen molar-refractivity contribution in [1.29, 1.82) is 0 Å². The number of hydrogen-bond acceptors (Lipinski definition) is 7. The average molecular weight is 547 g/mol. The van der Waals surface area contributed by atoms with E-state index in [0.717, 1.165) is 44.2 Å². The molecule has 1 aliphatic carbocycles. The van der Waals surface area contributed by atoms with Gasteiger partial charge in [-0.2, -0.15) is 0 Å². The highest BCUT2D eigenvalue weighted by atomic mass is 16.2. The fourth-order valence-corrected chi connectivity index (χ4v) is 6.74. The molecule has 4 aliphatic rings. The number of carbonyl (C=O) groups is 2. The molecule has 1 aromatic heterocycles. The first kappa shape index (κ1) is 26.8. The van der Waals surface area contributed by atoms with Crippen LogP contribution in [0.5, 0.6) is 0 Å². The molecular weight excluding hydrogens is 504 g/mol. The summed E-state index contributed by atoms with van der Waals surface area (Å²) in [5, 5.41) is 3.31. The van der Waals surface area contributed by atoms with E-state index in [1.807, 2.05) is 11.9 Å². The molecule has 4 fully saturated rings. The molecule has 40 heavy (non-hydrogen) atoms. The number of nitrogens with two attached hydrogens (primary N) is 1. The SMILES string of the molecule is CN1CCN([C@@H]2CCCN(c3cnc(C(N)=O)c(Nc4ccc(C5(C)CCN(C6CCC6)CC5)cc4)n3)C2)C1=O. The van der Waals surface area contributed by atoms with Crippen molar-refractivity contribution in [2.24, 2.45) is 5.73 Å². The number of aromatic nitrogens is 2. The van der Waals surface area contributed by atoms with Crippen LogP contribution in [-0.4, -0.2) is 95.0 Å². The zero-order valence-electron chi connectivity index (χ0n) is 23.8. The molecule has 10 heteroatoms. The highest BCUT2D eigenvalue weighted by Crippen LogP contribution is 2.38. The van der Waals surface area contributed by atoms with E-state index in [9.17, 15) is 9.59 Å². The van der Waals surface area contributed by atoms with Crippen molar-refractivity contribution in [2.45, 2.75) is 69.4 Å². The first-order chi connectivity index (χ1) is 19.3. The van der Waals surface area contributed by atoms with Gasteiger partial charge >= 0.3 is 6.03 Å². The molecule has 1 saturated carbocycles. The van der Waals surface area contributed by atoms with E-state index in [2.05, 4.69) is 51.3 Å². The van der Waals surface area contributed by atoms with Gasteiger partial charge in [-0.1, -0.05) is 25.5 Å². The van der Waals surface area contributed by atoms with E-state index in [-0.39, 0.29) is 23.2 Å². The number of primary amides is 1. The predicted molar refractivity (Wildman–Crippen MR) is 156 cm³/mol. The quantitative estimate of drug-likeness (QED) is 0.546. The number of urea groups is 1. The number of likely N-dealkylation sites (N-methyl/N-ethyl adjacent to an activating group) is 1. The summed E-state index contributed by atoms with van der Waals surface area (Å²) >= 11 is 0. The number of piperidine rings is 2. The van der Waals surface area contributed by atoms with Gasteiger partial charge in [0.05, 0.1) is 12.2 Å². The molecule has 0 bridgehead atoms. The molecule has 3 saturated heterocycles. The summed E-state index contributed by atoms with van der Waals surface area (Å²) in [6.45, 7) is 7.75. The van der Waals surface area contributed by atoms with Crippen molar-refractivity contribution in [2.75, 3.05) is 56.5 Å². The third-order valence-electron chi connectivity index (χ3n) is 9.74. The van der Waals surface area contributed by atoms with Gasteiger partial charge in [0, 0.05) is 45.0 Å². The summed E-state index contributed by atoms with van der Waals surface area (Å²) in [6.07, 6.45) is 10.00. The number of nitrogens with one attached hydrogen (secondary N) is 1.